The molecular formula is C16H24N2O. The second-order valence-electron chi connectivity index (χ2n) is 6.28. The Morgan fingerprint density at radius 2 is 2.21 bits per heavy atom. The minimum atomic E-state index is 0.0808. The lowest BCUT2D eigenvalue weighted by Crippen LogP contribution is -2.47. The molecule has 2 unspecified atom stereocenters. The van der Waals surface area contributed by atoms with Crippen molar-refractivity contribution < 1.29 is 4.74 Å². The van der Waals surface area contributed by atoms with Crippen LogP contribution in [0.4, 0.5) is 5.69 Å². The predicted molar refractivity (Wildman–Crippen MR) is 78.5 cm³/mol. The number of aryl methyl sites for hydroxylation is 1. The van der Waals surface area contributed by atoms with Gasteiger partial charge in [0, 0.05) is 30.2 Å². The summed E-state index contributed by atoms with van der Waals surface area (Å²) < 4.78 is 5.58. The van der Waals surface area contributed by atoms with Crippen LogP contribution in [-0.4, -0.2) is 32.3 Å². The summed E-state index contributed by atoms with van der Waals surface area (Å²) in [5.74, 6) is 0. The number of benzene rings is 1. The smallest absolute Gasteiger partial charge is 0.0624 e. The lowest BCUT2D eigenvalue weighted by molar-refractivity contribution is 0.161. The fourth-order valence-corrected chi connectivity index (χ4v) is 3.26. The quantitative estimate of drug-likeness (QED) is 0.886. The van der Waals surface area contributed by atoms with Crippen molar-refractivity contribution in [1.29, 1.82) is 0 Å². The summed E-state index contributed by atoms with van der Waals surface area (Å²) >= 11 is 0. The van der Waals surface area contributed by atoms with Gasteiger partial charge in [0.05, 0.1) is 13.2 Å². The van der Waals surface area contributed by atoms with Crippen LogP contribution in [0.3, 0.4) is 0 Å². The summed E-state index contributed by atoms with van der Waals surface area (Å²) in [6, 6.07) is 8.97. The molecule has 19 heavy (non-hydrogen) atoms. The number of anilines is 1. The van der Waals surface area contributed by atoms with E-state index < -0.39 is 0 Å². The van der Waals surface area contributed by atoms with Crippen molar-refractivity contribution in [2.75, 3.05) is 31.2 Å². The first kappa shape index (κ1) is 12.9. The monoisotopic (exact) mass is 260 g/mol. The van der Waals surface area contributed by atoms with E-state index in [0.29, 0.717) is 6.61 Å². The minimum absolute atomic E-state index is 0.0808. The van der Waals surface area contributed by atoms with E-state index in [1.54, 1.807) is 0 Å². The molecule has 0 aromatic heterocycles. The van der Waals surface area contributed by atoms with Gasteiger partial charge in [0.15, 0.2) is 0 Å². The van der Waals surface area contributed by atoms with Crippen LogP contribution in [0.5, 0.6) is 0 Å². The second-order valence-corrected chi connectivity index (χ2v) is 6.28. The normalized spacial score (nSPS) is 31.1. The molecule has 3 rings (SSSR count). The molecule has 0 aliphatic carbocycles. The summed E-state index contributed by atoms with van der Waals surface area (Å²) in [5, 5.41) is 0. The van der Waals surface area contributed by atoms with Crippen molar-refractivity contribution in [2.24, 2.45) is 11.1 Å². The van der Waals surface area contributed by atoms with Crippen LogP contribution in [0.1, 0.15) is 25.3 Å². The lowest BCUT2D eigenvalue weighted by Gasteiger charge is -2.35. The zero-order valence-electron chi connectivity index (χ0n) is 11.8. The summed E-state index contributed by atoms with van der Waals surface area (Å²) in [4.78, 5) is 2.52. The summed E-state index contributed by atoms with van der Waals surface area (Å²) in [6.07, 6.45) is 3.75. The molecule has 2 N–H and O–H groups in total. The molecule has 0 spiro atoms. The first-order valence-electron chi connectivity index (χ1n) is 7.35. The van der Waals surface area contributed by atoms with Crippen molar-refractivity contribution in [2.45, 2.75) is 32.2 Å². The van der Waals surface area contributed by atoms with E-state index in [9.17, 15) is 0 Å². The van der Waals surface area contributed by atoms with Gasteiger partial charge < -0.3 is 15.4 Å². The molecule has 104 valence electrons. The molecule has 2 heterocycles. The molecule has 1 fully saturated rings. The van der Waals surface area contributed by atoms with Crippen molar-refractivity contribution >= 4 is 5.69 Å². The maximum Gasteiger partial charge on any atom is 0.0624 e. The highest BCUT2D eigenvalue weighted by Gasteiger charge is 2.39. The van der Waals surface area contributed by atoms with Crippen LogP contribution < -0.4 is 10.6 Å². The molecule has 2 aliphatic rings. The Labute approximate surface area is 115 Å². The molecule has 1 aromatic carbocycles. The van der Waals surface area contributed by atoms with Gasteiger partial charge in [0.2, 0.25) is 0 Å². The number of nitrogens with zero attached hydrogens (tertiary/aromatic N) is 1. The Balaban J connectivity index is 1.84. The predicted octanol–water partition coefficient (Wildman–Crippen LogP) is 2.19. The van der Waals surface area contributed by atoms with Crippen LogP contribution in [0.25, 0.3) is 0 Å². The molecule has 0 saturated carbocycles. The molecule has 2 aliphatic heterocycles. The molecule has 1 saturated heterocycles. The standard InChI is InChI=1S/C16H24N2O/c1-16(12-19-10-15(16)17)11-18-9-5-4-7-13-6-2-3-8-14(13)18/h2-3,6,8,15H,4-5,7,9-12,17H2,1H3. The molecule has 1 aromatic rings. The summed E-state index contributed by atoms with van der Waals surface area (Å²) in [7, 11) is 0. The first-order chi connectivity index (χ1) is 9.19. The van der Waals surface area contributed by atoms with Gasteiger partial charge in [-0.05, 0) is 30.9 Å². The first-order valence-corrected chi connectivity index (χ1v) is 7.35. The number of rotatable bonds is 2. The molecule has 0 amide bonds. The van der Waals surface area contributed by atoms with Crippen molar-refractivity contribution in [3.05, 3.63) is 29.8 Å². The summed E-state index contributed by atoms with van der Waals surface area (Å²) in [6.45, 7) is 5.89. The van der Waals surface area contributed by atoms with Gasteiger partial charge in [0.1, 0.15) is 0 Å². The van der Waals surface area contributed by atoms with Crippen LogP contribution in [-0.2, 0) is 11.2 Å². The number of fused-ring (bicyclic) bond motifs is 1. The lowest BCUT2D eigenvalue weighted by atomic mass is 9.85. The fraction of sp³-hybridized carbons (Fsp3) is 0.625. The maximum atomic E-state index is 6.24. The summed E-state index contributed by atoms with van der Waals surface area (Å²) in [5.41, 5.74) is 9.20. The topological polar surface area (TPSA) is 38.5 Å². The molecule has 3 nitrogen and oxygen atoms in total. The van der Waals surface area contributed by atoms with Crippen molar-refractivity contribution in [3.8, 4) is 0 Å². The highest BCUT2D eigenvalue weighted by atomic mass is 16.5. The Bertz CT molecular complexity index is 448. The molecule has 0 radical (unpaired) electrons. The van der Waals surface area contributed by atoms with Crippen LogP contribution >= 0.6 is 0 Å². The average molecular weight is 260 g/mol. The van der Waals surface area contributed by atoms with Crippen molar-refractivity contribution in [1.82, 2.24) is 0 Å². The second kappa shape index (κ2) is 5.14. The van der Waals surface area contributed by atoms with E-state index in [4.69, 9.17) is 10.5 Å². The third-order valence-corrected chi connectivity index (χ3v) is 4.63. The van der Waals surface area contributed by atoms with Gasteiger partial charge in [-0.1, -0.05) is 25.1 Å². The SMILES string of the molecule is CC1(CN2CCCCc3ccccc32)COCC1N. The molecule has 2 atom stereocenters. The van der Waals surface area contributed by atoms with E-state index in [0.717, 1.165) is 19.7 Å². The highest BCUT2D eigenvalue weighted by Crippen LogP contribution is 2.33. The van der Waals surface area contributed by atoms with E-state index >= 15 is 0 Å². The molecule has 0 bridgehead atoms. The van der Waals surface area contributed by atoms with E-state index in [1.165, 1.54) is 30.5 Å². The van der Waals surface area contributed by atoms with Crippen LogP contribution in [0.15, 0.2) is 24.3 Å². The van der Waals surface area contributed by atoms with Gasteiger partial charge in [0.25, 0.3) is 0 Å². The third-order valence-electron chi connectivity index (χ3n) is 4.63. The van der Waals surface area contributed by atoms with Crippen LogP contribution in [0.2, 0.25) is 0 Å². The van der Waals surface area contributed by atoms with Crippen LogP contribution in [0, 0.1) is 5.41 Å². The third kappa shape index (κ3) is 2.49. The van der Waals surface area contributed by atoms with E-state index in [-0.39, 0.29) is 11.5 Å². The maximum absolute atomic E-state index is 6.24. The zero-order chi connectivity index (χ0) is 13.3. The van der Waals surface area contributed by atoms with Gasteiger partial charge in [-0.3, -0.25) is 0 Å². The Morgan fingerprint density at radius 3 is 3.00 bits per heavy atom. The molecular weight excluding hydrogens is 236 g/mol. The number of ether oxygens (including phenoxy) is 1. The Kier molecular flexibility index (Phi) is 3.50. The zero-order valence-corrected chi connectivity index (χ0v) is 11.8. The van der Waals surface area contributed by atoms with Gasteiger partial charge >= 0.3 is 0 Å². The number of nitrogens with two attached hydrogens (primary N) is 1. The Hall–Kier alpha value is -1.06. The average Bonchev–Trinajstić information content (AvgIpc) is 2.63. The minimum Gasteiger partial charge on any atom is -0.379 e. The number of para-hydroxylation sites is 1. The largest absolute Gasteiger partial charge is 0.379 e. The van der Waals surface area contributed by atoms with Gasteiger partial charge in [-0.25, -0.2) is 0 Å². The fourth-order valence-electron chi connectivity index (χ4n) is 3.26. The van der Waals surface area contributed by atoms with E-state index in [1.807, 2.05) is 0 Å². The number of hydrogen-bond donors (Lipinski definition) is 1. The number of hydrogen-bond acceptors (Lipinski definition) is 3. The van der Waals surface area contributed by atoms with Gasteiger partial charge in [-0.2, -0.15) is 0 Å². The van der Waals surface area contributed by atoms with Gasteiger partial charge in [-0.15, -0.1) is 0 Å². The van der Waals surface area contributed by atoms with E-state index in [2.05, 4.69) is 36.1 Å². The highest BCUT2D eigenvalue weighted by molar-refractivity contribution is 5.54. The van der Waals surface area contributed by atoms with Crippen molar-refractivity contribution in [3.63, 3.8) is 0 Å². The Morgan fingerprint density at radius 1 is 1.37 bits per heavy atom. The molecule has 3 heteroatoms.